The van der Waals surface area contributed by atoms with Crippen molar-refractivity contribution in [3.8, 4) is 0 Å². The van der Waals surface area contributed by atoms with Gasteiger partial charge in [-0.2, -0.15) is 0 Å². The lowest BCUT2D eigenvalue weighted by molar-refractivity contribution is -0.212. The first-order valence-electron chi connectivity index (χ1n) is 5.69. The maximum absolute atomic E-state index is 12.0. The van der Waals surface area contributed by atoms with Crippen molar-refractivity contribution >= 4 is 5.91 Å². The molecule has 1 saturated heterocycles. The Kier molecular flexibility index (Phi) is 2.51. The average molecular weight is 234 g/mol. The molecule has 2 unspecified atom stereocenters. The van der Waals surface area contributed by atoms with Crippen molar-refractivity contribution in [2.45, 2.75) is 32.4 Å². The Bertz CT molecular complexity index is 438. The minimum atomic E-state index is -1.34. The fraction of sp³-hybridized carbons (Fsp3) is 0.538. The SMILES string of the molecule is CN1C(=O)C(O)(C(C)(C)C)C1c1cccnc1. The number of nitrogens with zero attached hydrogens (tertiary/aromatic N) is 2. The van der Waals surface area contributed by atoms with Gasteiger partial charge in [0.15, 0.2) is 5.60 Å². The van der Waals surface area contributed by atoms with Gasteiger partial charge in [-0.05, 0) is 11.6 Å². The predicted molar refractivity (Wildman–Crippen MR) is 64.2 cm³/mol. The van der Waals surface area contributed by atoms with Gasteiger partial charge in [-0.15, -0.1) is 0 Å². The minimum absolute atomic E-state index is 0.223. The first-order chi connectivity index (χ1) is 7.80. The number of carbonyl (C=O) groups is 1. The number of hydrogen-bond donors (Lipinski definition) is 1. The van der Waals surface area contributed by atoms with Gasteiger partial charge in [0.25, 0.3) is 5.91 Å². The van der Waals surface area contributed by atoms with E-state index in [-0.39, 0.29) is 11.9 Å². The monoisotopic (exact) mass is 234 g/mol. The van der Waals surface area contributed by atoms with Crippen LogP contribution in [0.1, 0.15) is 32.4 Å². The molecule has 2 heterocycles. The van der Waals surface area contributed by atoms with Crippen LogP contribution in [0.2, 0.25) is 0 Å². The average Bonchev–Trinajstić information content (AvgIpc) is 2.28. The largest absolute Gasteiger partial charge is 0.377 e. The lowest BCUT2D eigenvalue weighted by atomic mass is 9.64. The van der Waals surface area contributed by atoms with Gasteiger partial charge >= 0.3 is 0 Å². The highest BCUT2D eigenvalue weighted by Gasteiger charge is 2.64. The second kappa shape index (κ2) is 3.53. The van der Waals surface area contributed by atoms with Crippen molar-refractivity contribution in [2.75, 3.05) is 7.05 Å². The van der Waals surface area contributed by atoms with E-state index in [0.29, 0.717) is 0 Å². The van der Waals surface area contributed by atoms with Gasteiger partial charge in [0.05, 0.1) is 6.04 Å². The highest BCUT2D eigenvalue weighted by molar-refractivity contribution is 5.93. The second-order valence-corrected chi connectivity index (χ2v) is 5.62. The van der Waals surface area contributed by atoms with Gasteiger partial charge in [0.2, 0.25) is 0 Å². The Morgan fingerprint density at radius 3 is 2.59 bits per heavy atom. The van der Waals surface area contributed by atoms with E-state index in [9.17, 15) is 9.90 Å². The highest BCUT2D eigenvalue weighted by atomic mass is 16.3. The molecule has 2 rings (SSSR count). The molecular weight excluding hydrogens is 216 g/mol. The van der Waals surface area contributed by atoms with Crippen LogP contribution in [-0.4, -0.2) is 33.5 Å². The number of rotatable bonds is 1. The molecule has 1 aliphatic heterocycles. The molecule has 17 heavy (non-hydrogen) atoms. The topological polar surface area (TPSA) is 53.4 Å². The third-order valence-electron chi connectivity index (χ3n) is 3.57. The number of pyridine rings is 1. The molecule has 0 bridgehead atoms. The zero-order valence-corrected chi connectivity index (χ0v) is 10.6. The lowest BCUT2D eigenvalue weighted by Gasteiger charge is -2.57. The minimum Gasteiger partial charge on any atom is -0.377 e. The normalized spacial score (nSPS) is 29.1. The van der Waals surface area contributed by atoms with Crippen LogP contribution >= 0.6 is 0 Å². The molecule has 1 aromatic heterocycles. The summed E-state index contributed by atoms with van der Waals surface area (Å²) in [5.41, 5.74) is -0.978. The number of amides is 1. The Morgan fingerprint density at radius 2 is 2.12 bits per heavy atom. The summed E-state index contributed by atoms with van der Waals surface area (Å²) in [5.74, 6) is -0.223. The maximum Gasteiger partial charge on any atom is 0.257 e. The van der Waals surface area contributed by atoms with Gasteiger partial charge in [-0.25, -0.2) is 0 Å². The molecule has 2 atom stereocenters. The van der Waals surface area contributed by atoms with E-state index in [1.807, 2.05) is 32.9 Å². The van der Waals surface area contributed by atoms with Crippen molar-refractivity contribution in [3.63, 3.8) is 0 Å². The molecule has 0 aromatic carbocycles. The van der Waals surface area contributed by atoms with Crippen LogP contribution in [0.15, 0.2) is 24.5 Å². The molecule has 0 radical (unpaired) electrons. The fourth-order valence-electron chi connectivity index (χ4n) is 2.45. The molecule has 1 amide bonds. The Morgan fingerprint density at radius 1 is 1.47 bits per heavy atom. The molecule has 4 nitrogen and oxygen atoms in total. The molecule has 1 N–H and O–H groups in total. The predicted octanol–water partition coefficient (Wildman–Crippen LogP) is 1.37. The van der Waals surface area contributed by atoms with Crippen molar-refractivity contribution in [1.29, 1.82) is 0 Å². The van der Waals surface area contributed by atoms with E-state index in [0.717, 1.165) is 5.56 Å². The number of likely N-dealkylation sites (N-methyl/N-ethyl adjacent to an activating group) is 1. The molecule has 0 spiro atoms. The van der Waals surface area contributed by atoms with E-state index in [2.05, 4.69) is 4.98 Å². The Hall–Kier alpha value is -1.42. The Labute approximate surface area is 101 Å². The van der Waals surface area contributed by atoms with Crippen LogP contribution in [0.5, 0.6) is 0 Å². The number of likely N-dealkylation sites (tertiary alicyclic amines) is 1. The van der Waals surface area contributed by atoms with E-state index in [1.54, 1.807) is 24.3 Å². The third-order valence-corrected chi connectivity index (χ3v) is 3.57. The lowest BCUT2D eigenvalue weighted by Crippen LogP contribution is -2.72. The zero-order chi connectivity index (χ0) is 12.8. The number of aliphatic hydroxyl groups is 1. The first kappa shape index (κ1) is 12.0. The van der Waals surface area contributed by atoms with Gasteiger partial charge in [-0.1, -0.05) is 26.8 Å². The highest BCUT2D eigenvalue weighted by Crippen LogP contribution is 2.51. The molecule has 1 aromatic rings. The van der Waals surface area contributed by atoms with Gasteiger partial charge in [-0.3, -0.25) is 9.78 Å². The molecule has 1 fully saturated rings. The molecule has 0 aliphatic carbocycles. The summed E-state index contributed by atoms with van der Waals surface area (Å²) < 4.78 is 0. The Balaban J connectivity index is 2.44. The van der Waals surface area contributed by atoms with E-state index in [4.69, 9.17) is 0 Å². The molecular formula is C13H18N2O2. The zero-order valence-electron chi connectivity index (χ0n) is 10.6. The summed E-state index contributed by atoms with van der Waals surface area (Å²) in [6, 6.07) is 3.38. The van der Waals surface area contributed by atoms with Crippen LogP contribution < -0.4 is 0 Å². The number of carbonyl (C=O) groups excluding carboxylic acids is 1. The van der Waals surface area contributed by atoms with Crippen molar-refractivity contribution in [2.24, 2.45) is 5.41 Å². The quantitative estimate of drug-likeness (QED) is 0.747. The standard InChI is InChI=1S/C13H18N2O2/c1-12(2,3)13(17)10(15(4)11(13)16)9-6-5-7-14-8-9/h5-8,10,17H,1-4H3. The van der Waals surface area contributed by atoms with Crippen LogP contribution in [0.25, 0.3) is 0 Å². The number of β-lactam (4-membered cyclic amide) rings is 1. The summed E-state index contributed by atoms with van der Waals surface area (Å²) in [4.78, 5) is 17.6. The number of hydrogen-bond acceptors (Lipinski definition) is 3. The molecule has 0 saturated carbocycles. The van der Waals surface area contributed by atoms with Crippen molar-refractivity contribution < 1.29 is 9.90 Å². The summed E-state index contributed by atoms with van der Waals surface area (Å²) in [7, 11) is 1.71. The summed E-state index contributed by atoms with van der Waals surface area (Å²) in [6.07, 6.45) is 3.38. The van der Waals surface area contributed by atoms with Crippen LogP contribution in [0.3, 0.4) is 0 Å². The maximum atomic E-state index is 12.0. The molecule has 4 heteroatoms. The van der Waals surface area contributed by atoms with Gasteiger partial charge < -0.3 is 10.0 Å². The number of aromatic nitrogens is 1. The van der Waals surface area contributed by atoms with E-state index >= 15 is 0 Å². The first-order valence-corrected chi connectivity index (χ1v) is 5.69. The van der Waals surface area contributed by atoms with Crippen LogP contribution in [0.4, 0.5) is 0 Å². The third kappa shape index (κ3) is 1.47. The van der Waals surface area contributed by atoms with Crippen molar-refractivity contribution in [1.82, 2.24) is 9.88 Å². The molecule has 1 aliphatic rings. The van der Waals surface area contributed by atoms with E-state index < -0.39 is 11.0 Å². The second-order valence-electron chi connectivity index (χ2n) is 5.62. The summed E-state index contributed by atoms with van der Waals surface area (Å²) in [5, 5.41) is 10.7. The van der Waals surface area contributed by atoms with Crippen molar-refractivity contribution in [3.05, 3.63) is 30.1 Å². The van der Waals surface area contributed by atoms with Crippen LogP contribution in [-0.2, 0) is 4.79 Å². The smallest absolute Gasteiger partial charge is 0.257 e. The van der Waals surface area contributed by atoms with Gasteiger partial charge in [0, 0.05) is 24.9 Å². The fourth-order valence-corrected chi connectivity index (χ4v) is 2.45. The summed E-state index contributed by atoms with van der Waals surface area (Å²) in [6.45, 7) is 5.63. The van der Waals surface area contributed by atoms with Crippen LogP contribution in [0, 0.1) is 5.41 Å². The van der Waals surface area contributed by atoms with Gasteiger partial charge in [0.1, 0.15) is 0 Å². The summed E-state index contributed by atoms with van der Waals surface area (Å²) >= 11 is 0. The van der Waals surface area contributed by atoms with E-state index in [1.165, 1.54) is 0 Å². The molecule has 92 valence electrons.